The van der Waals surface area contributed by atoms with E-state index < -0.39 is 0 Å². The van der Waals surface area contributed by atoms with E-state index in [2.05, 4.69) is 30.2 Å². The maximum absolute atomic E-state index is 12.7. The Hall–Kier alpha value is -2.23. The molecule has 0 radical (unpaired) electrons. The molecule has 1 aromatic carbocycles. The van der Waals surface area contributed by atoms with E-state index in [-0.39, 0.29) is 17.4 Å². The zero-order chi connectivity index (χ0) is 17.3. The van der Waals surface area contributed by atoms with Crippen molar-refractivity contribution in [3.63, 3.8) is 0 Å². The van der Waals surface area contributed by atoms with E-state index in [0.717, 1.165) is 31.6 Å². The largest absolute Gasteiger partial charge is 0.493 e. The van der Waals surface area contributed by atoms with E-state index in [1.54, 1.807) is 14.2 Å². The van der Waals surface area contributed by atoms with Crippen LogP contribution < -0.4 is 9.47 Å². The molecule has 0 aliphatic carbocycles. The summed E-state index contributed by atoms with van der Waals surface area (Å²) in [5.74, 6) is 1.88. The minimum absolute atomic E-state index is 0.206. The molecule has 3 rings (SSSR count). The maximum atomic E-state index is 12.7. The first-order chi connectivity index (χ1) is 11.6. The van der Waals surface area contributed by atoms with Crippen molar-refractivity contribution in [3.8, 4) is 11.5 Å². The van der Waals surface area contributed by atoms with E-state index in [4.69, 9.17) is 9.47 Å². The molecule has 24 heavy (non-hydrogen) atoms. The van der Waals surface area contributed by atoms with Crippen LogP contribution in [0.2, 0.25) is 0 Å². The Morgan fingerprint density at radius 1 is 1.25 bits per heavy atom. The predicted octanol–water partition coefficient (Wildman–Crippen LogP) is 3.46. The van der Waals surface area contributed by atoms with Crippen molar-refractivity contribution >= 4 is 5.91 Å². The van der Waals surface area contributed by atoms with Crippen molar-refractivity contribution in [3.05, 3.63) is 48.6 Å². The molecule has 2 heterocycles. The fraction of sp³-hybridized carbons (Fsp3) is 0.450. The summed E-state index contributed by atoms with van der Waals surface area (Å²) in [4.78, 5) is 14.7. The molecule has 0 N–H and O–H groups in total. The lowest BCUT2D eigenvalue weighted by Crippen LogP contribution is -2.50. The number of nitrogens with zero attached hydrogens (tertiary/aromatic N) is 1. The topological polar surface area (TPSA) is 38.8 Å². The van der Waals surface area contributed by atoms with Gasteiger partial charge in [-0.25, -0.2) is 0 Å². The smallest absolute Gasteiger partial charge is 0.223 e. The van der Waals surface area contributed by atoms with Crippen LogP contribution >= 0.6 is 0 Å². The number of hydrogen-bond donors (Lipinski definition) is 0. The molecule has 1 fully saturated rings. The molecule has 2 atom stereocenters. The number of carbonyl (C=O) groups is 1. The van der Waals surface area contributed by atoms with Gasteiger partial charge in [0.05, 0.1) is 19.8 Å². The standard InChI is InChI=1S/C20H25NO3/c1-5-7-15-12-19(22)21-10-8-14-11-17(23-3)18(24-4)13-16(14)20(15,21)9-6-2/h5-6,11,13,15H,1-2,7-10,12H2,3-4H3/t15-,20+/m0/s1. The highest BCUT2D eigenvalue weighted by Crippen LogP contribution is 2.53. The van der Waals surface area contributed by atoms with Crippen LogP contribution in [0.1, 0.15) is 30.4 Å². The van der Waals surface area contributed by atoms with Crippen LogP contribution in [-0.2, 0) is 16.8 Å². The molecule has 4 heteroatoms. The van der Waals surface area contributed by atoms with Crippen molar-refractivity contribution < 1.29 is 14.3 Å². The number of rotatable bonds is 6. The highest BCUT2D eigenvalue weighted by molar-refractivity contribution is 5.82. The highest BCUT2D eigenvalue weighted by Gasteiger charge is 2.54. The Kier molecular flexibility index (Phi) is 4.39. The van der Waals surface area contributed by atoms with Crippen molar-refractivity contribution in [1.29, 1.82) is 0 Å². The molecular weight excluding hydrogens is 302 g/mol. The Morgan fingerprint density at radius 3 is 2.58 bits per heavy atom. The van der Waals surface area contributed by atoms with Gasteiger partial charge in [-0.1, -0.05) is 12.2 Å². The lowest BCUT2D eigenvalue weighted by Gasteiger charge is -2.47. The van der Waals surface area contributed by atoms with Gasteiger partial charge in [0.1, 0.15) is 0 Å². The number of allylic oxidation sites excluding steroid dienone is 1. The molecule has 2 aliphatic heterocycles. The Balaban J connectivity index is 2.23. The van der Waals surface area contributed by atoms with Crippen molar-refractivity contribution in [2.75, 3.05) is 20.8 Å². The SMILES string of the molecule is C=CC[C@H]1CC(=O)N2CCc3cc(OC)c(OC)cc3[C@@]12CC=C. The second-order valence-electron chi connectivity index (χ2n) is 6.50. The van der Waals surface area contributed by atoms with E-state index in [1.807, 2.05) is 12.2 Å². The van der Waals surface area contributed by atoms with Crippen molar-refractivity contribution in [2.45, 2.75) is 31.2 Å². The summed E-state index contributed by atoms with van der Waals surface area (Å²) in [6, 6.07) is 4.11. The maximum Gasteiger partial charge on any atom is 0.223 e. The van der Waals surface area contributed by atoms with Gasteiger partial charge in [0.25, 0.3) is 0 Å². The van der Waals surface area contributed by atoms with Crippen LogP contribution in [0, 0.1) is 5.92 Å². The Labute approximate surface area is 143 Å². The fourth-order valence-electron chi connectivity index (χ4n) is 4.47. The van der Waals surface area contributed by atoms with Crippen LogP contribution in [-0.4, -0.2) is 31.6 Å². The predicted molar refractivity (Wildman–Crippen MR) is 94.4 cm³/mol. The Morgan fingerprint density at radius 2 is 1.96 bits per heavy atom. The van der Waals surface area contributed by atoms with E-state index in [9.17, 15) is 4.79 Å². The quantitative estimate of drug-likeness (QED) is 0.751. The molecule has 0 aromatic heterocycles. The fourth-order valence-corrected chi connectivity index (χ4v) is 4.47. The van der Waals surface area contributed by atoms with Gasteiger partial charge in [-0.2, -0.15) is 0 Å². The molecule has 0 saturated carbocycles. The van der Waals surface area contributed by atoms with Gasteiger partial charge in [0.15, 0.2) is 11.5 Å². The number of amides is 1. The minimum atomic E-state index is -0.347. The molecule has 4 nitrogen and oxygen atoms in total. The van der Waals surface area contributed by atoms with Crippen molar-refractivity contribution in [1.82, 2.24) is 4.90 Å². The third-order valence-electron chi connectivity index (χ3n) is 5.47. The number of ether oxygens (including phenoxy) is 2. The van der Waals surface area contributed by atoms with Gasteiger partial charge in [0, 0.05) is 13.0 Å². The molecule has 1 amide bonds. The van der Waals surface area contributed by atoms with Crippen LogP contribution in [0.5, 0.6) is 11.5 Å². The second-order valence-corrected chi connectivity index (χ2v) is 6.50. The number of methoxy groups -OCH3 is 2. The van der Waals surface area contributed by atoms with Crippen LogP contribution in [0.25, 0.3) is 0 Å². The summed E-state index contributed by atoms with van der Waals surface area (Å²) in [7, 11) is 3.30. The first-order valence-electron chi connectivity index (χ1n) is 8.40. The van der Waals surface area contributed by atoms with E-state index >= 15 is 0 Å². The number of benzene rings is 1. The molecule has 0 bridgehead atoms. The first-order valence-corrected chi connectivity index (χ1v) is 8.40. The van der Waals surface area contributed by atoms with E-state index in [0.29, 0.717) is 12.2 Å². The van der Waals surface area contributed by atoms with Gasteiger partial charge in [0.2, 0.25) is 5.91 Å². The number of carbonyl (C=O) groups excluding carboxylic acids is 1. The summed E-state index contributed by atoms with van der Waals surface area (Å²) in [5.41, 5.74) is 2.05. The Bertz CT molecular complexity index is 682. The lowest BCUT2D eigenvalue weighted by molar-refractivity contribution is -0.132. The third kappa shape index (κ3) is 2.24. The molecular formula is C20H25NO3. The first kappa shape index (κ1) is 16.6. The van der Waals surface area contributed by atoms with Gasteiger partial charge in [-0.3, -0.25) is 4.79 Å². The van der Waals surface area contributed by atoms with Gasteiger partial charge < -0.3 is 14.4 Å². The summed E-state index contributed by atoms with van der Waals surface area (Å²) in [6.07, 6.45) is 6.78. The zero-order valence-electron chi connectivity index (χ0n) is 14.5. The average molecular weight is 327 g/mol. The number of fused-ring (bicyclic) bond motifs is 3. The highest BCUT2D eigenvalue weighted by atomic mass is 16.5. The van der Waals surface area contributed by atoms with E-state index in [1.165, 1.54) is 11.1 Å². The van der Waals surface area contributed by atoms with Crippen LogP contribution in [0.15, 0.2) is 37.4 Å². The second kappa shape index (κ2) is 6.34. The third-order valence-corrected chi connectivity index (χ3v) is 5.47. The normalized spacial score (nSPS) is 25.0. The molecule has 0 spiro atoms. The summed E-state index contributed by atoms with van der Waals surface area (Å²) < 4.78 is 11.0. The number of hydrogen-bond acceptors (Lipinski definition) is 3. The average Bonchev–Trinajstić information content (AvgIpc) is 2.86. The molecule has 0 unspecified atom stereocenters. The molecule has 1 aromatic rings. The van der Waals surface area contributed by atoms with Gasteiger partial charge in [-0.05, 0) is 48.4 Å². The summed E-state index contributed by atoms with van der Waals surface area (Å²) in [5, 5.41) is 0. The monoisotopic (exact) mass is 327 g/mol. The lowest BCUT2D eigenvalue weighted by atomic mass is 9.71. The molecule has 1 saturated heterocycles. The van der Waals surface area contributed by atoms with Crippen LogP contribution in [0.3, 0.4) is 0 Å². The van der Waals surface area contributed by atoms with Gasteiger partial charge in [-0.15, -0.1) is 13.2 Å². The van der Waals surface area contributed by atoms with Crippen molar-refractivity contribution in [2.24, 2.45) is 5.92 Å². The summed E-state index contributed by atoms with van der Waals surface area (Å²) >= 11 is 0. The van der Waals surface area contributed by atoms with Crippen LogP contribution in [0.4, 0.5) is 0 Å². The van der Waals surface area contributed by atoms with Gasteiger partial charge >= 0.3 is 0 Å². The molecule has 2 aliphatic rings. The summed E-state index contributed by atoms with van der Waals surface area (Å²) in [6.45, 7) is 8.59. The molecule has 128 valence electrons. The zero-order valence-corrected chi connectivity index (χ0v) is 14.5. The minimum Gasteiger partial charge on any atom is -0.493 e.